The lowest BCUT2D eigenvalue weighted by Gasteiger charge is -2.23. The van der Waals surface area contributed by atoms with Gasteiger partial charge in [0.1, 0.15) is 0 Å². The molecule has 1 aliphatic heterocycles. The van der Waals surface area contributed by atoms with Gasteiger partial charge in [-0.3, -0.25) is 9.71 Å². The van der Waals surface area contributed by atoms with E-state index in [2.05, 4.69) is 64.4 Å². The fraction of sp³-hybridized carbons (Fsp3) is 0.188. The summed E-state index contributed by atoms with van der Waals surface area (Å²) in [6, 6.07) is 15.0. The van der Waals surface area contributed by atoms with E-state index in [1.165, 1.54) is 21.6 Å². The van der Waals surface area contributed by atoms with Gasteiger partial charge in [0.15, 0.2) is 0 Å². The number of aliphatic imine (C=N–C) groups is 1. The zero-order valence-electron chi connectivity index (χ0n) is 11.6. The molecule has 0 aromatic heterocycles. The van der Waals surface area contributed by atoms with Gasteiger partial charge in [-0.05, 0) is 35.6 Å². The average molecular weight is 283 g/mol. The Bertz CT molecular complexity index is 665. The van der Waals surface area contributed by atoms with Crippen molar-refractivity contribution in [3.05, 3.63) is 48.0 Å². The summed E-state index contributed by atoms with van der Waals surface area (Å²) in [6.45, 7) is 2.19. The van der Waals surface area contributed by atoms with Gasteiger partial charge in [0.25, 0.3) is 0 Å². The van der Waals surface area contributed by atoms with E-state index in [0.717, 1.165) is 18.1 Å². The summed E-state index contributed by atoms with van der Waals surface area (Å²) in [7, 11) is 1.78. The highest BCUT2D eigenvalue weighted by atomic mass is 32.2. The highest BCUT2D eigenvalue weighted by Gasteiger charge is 2.18. The normalized spacial score (nSPS) is 15.4. The lowest BCUT2D eigenvalue weighted by atomic mass is 9.97. The molecule has 2 aromatic rings. The molecule has 0 aliphatic carbocycles. The molecule has 102 valence electrons. The van der Waals surface area contributed by atoms with Crippen LogP contribution in [0, 0.1) is 0 Å². The van der Waals surface area contributed by atoms with Gasteiger partial charge in [-0.25, -0.2) is 0 Å². The first kappa shape index (κ1) is 13.1. The summed E-state index contributed by atoms with van der Waals surface area (Å²) in [6.07, 6.45) is 1.03. The molecule has 3 nitrogen and oxygen atoms in total. The van der Waals surface area contributed by atoms with Crippen LogP contribution in [0.15, 0.2) is 52.4 Å². The number of nitrogens with zero attached hydrogens (tertiary/aromatic N) is 1. The monoisotopic (exact) mass is 283 g/mol. The third-order valence-corrected chi connectivity index (χ3v) is 4.29. The predicted molar refractivity (Wildman–Crippen MR) is 87.2 cm³/mol. The second-order valence-electron chi connectivity index (χ2n) is 4.59. The maximum absolute atomic E-state index is 4.20. The first-order chi connectivity index (χ1) is 9.83. The van der Waals surface area contributed by atoms with Crippen LogP contribution in [0.2, 0.25) is 0 Å². The zero-order chi connectivity index (χ0) is 13.9. The van der Waals surface area contributed by atoms with Crippen molar-refractivity contribution >= 4 is 23.6 Å². The minimum Gasteiger partial charge on any atom is -0.324 e. The van der Waals surface area contributed by atoms with E-state index in [0.29, 0.717) is 0 Å². The number of guanidine groups is 1. The summed E-state index contributed by atoms with van der Waals surface area (Å²) in [5, 5.41) is 3.38. The van der Waals surface area contributed by atoms with E-state index in [1.54, 1.807) is 19.0 Å². The second-order valence-corrected chi connectivity index (χ2v) is 5.44. The van der Waals surface area contributed by atoms with Gasteiger partial charge in [-0.2, -0.15) is 0 Å². The summed E-state index contributed by atoms with van der Waals surface area (Å²) < 4.78 is 3.19. The van der Waals surface area contributed by atoms with Crippen molar-refractivity contribution in [2.75, 3.05) is 12.4 Å². The molecule has 20 heavy (non-hydrogen) atoms. The number of anilines is 1. The Labute approximate surface area is 123 Å². The number of hydrogen-bond acceptors (Lipinski definition) is 2. The number of para-hydroxylation sites is 1. The van der Waals surface area contributed by atoms with Crippen LogP contribution < -0.4 is 10.0 Å². The van der Waals surface area contributed by atoms with Crippen LogP contribution in [0.3, 0.4) is 0 Å². The average Bonchev–Trinajstić information content (AvgIpc) is 2.53. The molecule has 0 saturated heterocycles. The van der Waals surface area contributed by atoms with Gasteiger partial charge in [-0.15, -0.1) is 0 Å². The zero-order valence-corrected chi connectivity index (χ0v) is 12.4. The van der Waals surface area contributed by atoms with Gasteiger partial charge in [0, 0.05) is 12.6 Å². The van der Waals surface area contributed by atoms with E-state index in [4.69, 9.17) is 0 Å². The maximum Gasteiger partial charge on any atom is 0.206 e. The molecule has 0 amide bonds. The minimum absolute atomic E-state index is 0.795. The molecule has 2 N–H and O–H groups in total. The molecule has 1 heterocycles. The van der Waals surface area contributed by atoms with Crippen LogP contribution in [-0.2, 0) is 6.42 Å². The molecule has 0 unspecified atom stereocenters. The number of nitrogens with one attached hydrogen (secondary N) is 2. The molecular weight excluding hydrogens is 266 g/mol. The van der Waals surface area contributed by atoms with Crippen LogP contribution >= 0.6 is 11.9 Å². The molecule has 0 bridgehead atoms. The number of aryl methyl sites for hydroxylation is 1. The smallest absolute Gasteiger partial charge is 0.206 e. The van der Waals surface area contributed by atoms with Crippen LogP contribution in [0.1, 0.15) is 12.5 Å². The van der Waals surface area contributed by atoms with Crippen molar-refractivity contribution in [1.29, 1.82) is 0 Å². The summed E-state index contributed by atoms with van der Waals surface area (Å²) in [5.74, 6) is 0.795. The predicted octanol–water partition coefficient (Wildman–Crippen LogP) is 3.92. The van der Waals surface area contributed by atoms with Gasteiger partial charge < -0.3 is 5.32 Å². The van der Waals surface area contributed by atoms with E-state index in [-0.39, 0.29) is 0 Å². The number of hydrogen-bond donors (Lipinski definition) is 2. The molecule has 1 aliphatic rings. The van der Waals surface area contributed by atoms with Crippen molar-refractivity contribution in [3.8, 4) is 11.1 Å². The first-order valence-electron chi connectivity index (χ1n) is 6.71. The number of rotatable bonds is 2. The van der Waals surface area contributed by atoms with E-state index in [9.17, 15) is 0 Å². The van der Waals surface area contributed by atoms with Crippen LogP contribution in [-0.4, -0.2) is 13.0 Å². The molecule has 0 saturated carbocycles. The second kappa shape index (κ2) is 5.59. The summed E-state index contributed by atoms with van der Waals surface area (Å²) >= 11 is 1.60. The Morgan fingerprint density at radius 1 is 1.05 bits per heavy atom. The molecule has 0 spiro atoms. The SMILES string of the molecule is CCc1ccccc1-c1cccc2c1NC(=NC)NS2. The highest BCUT2D eigenvalue weighted by Crippen LogP contribution is 2.38. The van der Waals surface area contributed by atoms with Crippen LogP contribution in [0.5, 0.6) is 0 Å². The van der Waals surface area contributed by atoms with E-state index >= 15 is 0 Å². The summed E-state index contributed by atoms with van der Waals surface area (Å²) in [4.78, 5) is 5.39. The minimum atomic E-state index is 0.795. The third-order valence-electron chi connectivity index (χ3n) is 3.44. The quantitative estimate of drug-likeness (QED) is 0.820. The van der Waals surface area contributed by atoms with Gasteiger partial charge >= 0.3 is 0 Å². The number of fused-ring (bicyclic) bond motifs is 1. The molecule has 2 aromatic carbocycles. The first-order valence-corrected chi connectivity index (χ1v) is 7.53. The molecule has 0 atom stereocenters. The van der Waals surface area contributed by atoms with Crippen LogP contribution in [0.4, 0.5) is 5.69 Å². The molecule has 3 rings (SSSR count). The molecule has 0 fully saturated rings. The topological polar surface area (TPSA) is 36.4 Å². The Morgan fingerprint density at radius 2 is 1.85 bits per heavy atom. The van der Waals surface area contributed by atoms with Crippen molar-refractivity contribution in [2.24, 2.45) is 4.99 Å². The highest BCUT2D eigenvalue weighted by molar-refractivity contribution is 7.98. The van der Waals surface area contributed by atoms with Crippen molar-refractivity contribution in [2.45, 2.75) is 18.2 Å². The van der Waals surface area contributed by atoms with Crippen LogP contribution in [0.25, 0.3) is 11.1 Å². The van der Waals surface area contributed by atoms with E-state index in [1.807, 2.05) is 0 Å². The van der Waals surface area contributed by atoms with Crippen molar-refractivity contribution in [1.82, 2.24) is 4.72 Å². The van der Waals surface area contributed by atoms with Gasteiger partial charge in [0.2, 0.25) is 5.96 Å². The Morgan fingerprint density at radius 3 is 2.65 bits per heavy atom. The van der Waals surface area contributed by atoms with Gasteiger partial charge in [-0.1, -0.05) is 43.3 Å². The van der Waals surface area contributed by atoms with E-state index < -0.39 is 0 Å². The standard InChI is InChI=1S/C16H17N3S/c1-3-11-7-4-5-8-12(11)13-9-6-10-14-15(13)18-16(17-2)19-20-14/h4-10H,3H2,1-2H3,(H2,17,18,19). The lowest BCUT2D eigenvalue weighted by molar-refractivity contribution is 1.14. The molecule has 0 radical (unpaired) electrons. The van der Waals surface area contributed by atoms with Gasteiger partial charge in [0.05, 0.1) is 10.6 Å². The lowest BCUT2D eigenvalue weighted by Crippen LogP contribution is -2.29. The fourth-order valence-corrected chi connectivity index (χ4v) is 3.17. The van der Waals surface area contributed by atoms with Crippen molar-refractivity contribution < 1.29 is 0 Å². The Kier molecular flexibility index (Phi) is 3.65. The molecular formula is C16H17N3S. The Hall–Kier alpha value is -1.94. The fourth-order valence-electron chi connectivity index (χ4n) is 2.41. The maximum atomic E-state index is 4.20. The largest absolute Gasteiger partial charge is 0.324 e. The summed E-state index contributed by atoms with van der Waals surface area (Å²) in [5.41, 5.74) is 5.02. The molecule has 4 heteroatoms. The third kappa shape index (κ3) is 2.27. The number of benzene rings is 2. The van der Waals surface area contributed by atoms with Crippen molar-refractivity contribution in [3.63, 3.8) is 0 Å². The Balaban J connectivity index is 2.16.